The van der Waals surface area contributed by atoms with Gasteiger partial charge in [0, 0.05) is 23.5 Å². The van der Waals surface area contributed by atoms with Gasteiger partial charge in [-0.3, -0.25) is 9.59 Å². The molecule has 0 fully saturated rings. The van der Waals surface area contributed by atoms with Crippen LogP contribution in [0.3, 0.4) is 0 Å². The molecular formula is C15H19N5O3. The Labute approximate surface area is 133 Å². The first-order chi connectivity index (χ1) is 10.9. The maximum absolute atomic E-state index is 12.1. The van der Waals surface area contributed by atoms with Gasteiger partial charge in [0.1, 0.15) is 6.33 Å². The lowest BCUT2D eigenvalue weighted by Gasteiger charge is -2.14. The normalized spacial score (nSPS) is 12.0. The van der Waals surface area contributed by atoms with Gasteiger partial charge in [0.2, 0.25) is 0 Å². The zero-order valence-electron chi connectivity index (χ0n) is 13.4. The van der Waals surface area contributed by atoms with E-state index in [1.807, 2.05) is 6.92 Å². The van der Waals surface area contributed by atoms with Crippen LogP contribution in [0.1, 0.15) is 23.9 Å². The van der Waals surface area contributed by atoms with Crippen molar-refractivity contribution < 1.29 is 14.3 Å². The molecule has 1 amide bonds. The van der Waals surface area contributed by atoms with E-state index >= 15 is 0 Å². The van der Waals surface area contributed by atoms with Crippen molar-refractivity contribution in [2.24, 2.45) is 0 Å². The molecule has 0 spiro atoms. The van der Waals surface area contributed by atoms with Crippen LogP contribution in [0, 0.1) is 13.8 Å². The minimum absolute atomic E-state index is 0.0134. The molecule has 23 heavy (non-hydrogen) atoms. The summed E-state index contributed by atoms with van der Waals surface area (Å²) in [5, 5.41) is 6.64. The van der Waals surface area contributed by atoms with Gasteiger partial charge in [-0.15, -0.1) is 6.58 Å². The fraction of sp³-hybridized carbons (Fsp3) is 0.400. The van der Waals surface area contributed by atoms with Crippen LogP contribution in [0.4, 0.5) is 0 Å². The summed E-state index contributed by atoms with van der Waals surface area (Å²) in [5.74, 6) is -0.385. The number of rotatable bonds is 6. The predicted molar refractivity (Wildman–Crippen MR) is 82.7 cm³/mol. The molecule has 0 aliphatic carbocycles. The van der Waals surface area contributed by atoms with E-state index in [1.54, 1.807) is 17.5 Å². The summed E-state index contributed by atoms with van der Waals surface area (Å²) in [7, 11) is 0. The first-order valence-electron chi connectivity index (χ1n) is 7.18. The van der Waals surface area contributed by atoms with E-state index in [9.17, 15) is 9.59 Å². The second-order valence-corrected chi connectivity index (χ2v) is 5.08. The molecule has 0 aromatic carbocycles. The van der Waals surface area contributed by atoms with E-state index in [-0.39, 0.29) is 12.3 Å². The molecular weight excluding hydrogens is 298 g/mol. The van der Waals surface area contributed by atoms with Gasteiger partial charge in [-0.05, 0) is 20.8 Å². The lowest BCUT2D eigenvalue weighted by atomic mass is 10.1. The van der Waals surface area contributed by atoms with E-state index < -0.39 is 12.1 Å². The van der Waals surface area contributed by atoms with Gasteiger partial charge in [-0.25, -0.2) is 9.50 Å². The van der Waals surface area contributed by atoms with Gasteiger partial charge in [0.05, 0.1) is 6.42 Å². The van der Waals surface area contributed by atoms with Crippen molar-refractivity contribution in [3.63, 3.8) is 0 Å². The second-order valence-electron chi connectivity index (χ2n) is 5.08. The molecule has 2 rings (SSSR count). The van der Waals surface area contributed by atoms with Crippen molar-refractivity contribution in [3.8, 4) is 0 Å². The van der Waals surface area contributed by atoms with Gasteiger partial charge in [0.25, 0.3) is 11.7 Å². The minimum atomic E-state index is -0.869. The molecule has 0 saturated heterocycles. The summed E-state index contributed by atoms with van der Waals surface area (Å²) < 4.78 is 6.72. The molecule has 8 heteroatoms. The zero-order chi connectivity index (χ0) is 17.0. The number of carbonyl (C=O) groups excluding carboxylic acids is 2. The van der Waals surface area contributed by atoms with E-state index in [0.29, 0.717) is 23.6 Å². The maximum atomic E-state index is 12.1. The Bertz CT molecular complexity index is 753. The van der Waals surface area contributed by atoms with E-state index in [4.69, 9.17) is 4.74 Å². The monoisotopic (exact) mass is 317 g/mol. The van der Waals surface area contributed by atoms with Crippen molar-refractivity contribution >= 4 is 17.7 Å². The zero-order valence-corrected chi connectivity index (χ0v) is 13.4. The standard InChI is InChI=1S/C15H19N5O3/c1-5-6-16-14(22)11(4)23-13(21)7-12-9(2)19-15-17-8-18-20(15)10(12)3/h5,8,11H,1,6-7H2,2-4H3,(H,16,22)/t11-/m1/s1. The number of hydrogen-bond acceptors (Lipinski definition) is 6. The van der Waals surface area contributed by atoms with Gasteiger partial charge >= 0.3 is 5.97 Å². The van der Waals surface area contributed by atoms with Crippen LogP contribution in [0.2, 0.25) is 0 Å². The first-order valence-corrected chi connectivity index (χ1v) is 7.18. The average molecular weight is 317 g/mol. The number of hydrogen-bond donors (Lipinski definition) is 1. The van der Waals surface area contributed by atoms with Crippen LogP contribution in [0.5, 0.6) is 0 Å². The van der Waals surface area contributed by atoms with Gasteiger partial charge < -0.3 is 10.1 Å². The topological polar surface area (TPSA) is 98.5 Å². The molecule has 0 aliphatic heterocycles. The highest BCUT2D eigenvalue weighted by Gasteiger charge is 2.20. The molecule has 0 bridgehead atoms. The summed E-state index contributed by atoms with van der Waals surface area (Å²) in [5.41, 5.74) is 2.17. The molecule has 1 N–H and O–H groups in total. The summed E-state index contributed by atoms with van der Waals surface area (Å²) in [4.78, 5) is 32.1. The number of aryl methyl sites for hydroxylation is 2. The first kappa shape index (κ1) is 16.6. The van der Waals surface area contributed by atoms with Crippen LogP contribution < -0.4 is 5.32 Å². The lowest BCUT2D eigenvalue weighted by Crippen LogP contribution is -2.36. The quantitative estimate of drug-likeness (QED) is 0.616. The third-order valence-corrected chi connectivity index (χ3v) is 3.41. The molecule has 122 valence electrons. The third-order valence-electron chi connectivity index (χ3n) is 3.41. The molecule has 8 nitrogen and oxygen atoms in total. The van der Waals surface area contributed by atoms with Crippen LogP contribution in [0.15, 0.2) is 19.0 Å². The van der Waals surface area contributed by atoms with Gasteiger partial charge in [0.15, 0.2) is 6.10 Å². The van der Waals surface area contributed by atoms with Crippen LogP contribution in [-0.2, 0) is 20.7 Å². The van der Waals surface area contributed by atoms with Crippen molar-refractivity contribution in [2.75, 3.05) is 6.54 Å². The smallest absolute Gasteiger partial charge is 0.311 e. The minimum Gasteiger partial charge on any atom is -0.452 e. The van der Waals surface area contributed by atoms with Crippen LogP contribution in [-0.4, -0.2) is 44.1 Å². The SMILES string of the molecule is C=CCNC(=O)[C@@H](C)OC(=O)Cc1c(C)nc2ncnn2c1C. The van der Waals surface area contributed by atoms with E-state index in [1.165, 1.54) is 13.3 Å². The molecule has 0 saturated carbocycles. The Morgan fingerprint density at radius 2 is 2.22 bits per heavy atom. The highest BCUT2D eigenvalue weighted by molar-refractivity contribution is 5.84. The highest BCUT2D eigenvalue weighted by atomic mass is 16.5. The number of esters is 1. The molecule has 0 aliphatic rings. The fourth-order valence-electron chi connectivity index (χ4n) is 2.16. The molecule has 0 unspecified atom stereocenters. The number of fused-ring (bicyclic) bond motifs is 1. The number of carbonyl (C=O) groups is 2. The Morgan fingerprint density at radius 1 is 1.48 bits per heavy atom. The van der Waals surface area contributed by atoms with Crippen molar-refractivity contribution in [3.05, 3.63) is 35.9 Å². The van der Waals surface area contributed by atoms with E-state index in [0.717, 1.165) is 5.69 Å². The fourth-order valence-corrected chi connectivity index (χ4v) is 2.16. The largest absolute Gasteiger partial charge is 0.452 e. The van der Waals surface area contributed by atoms with E-state index in [2.05, 4.69) is 27.0 Å². The number of nitrogens with zero attached hydrogens (tertiary/aromatic N) is 4. The number of amides is 1. The Hall–Kier alpha value is -2.77. The third kappa shape index (κ3) is 3.71. The summed E-state index contributed by atoms with van der Waals surface area (Å²) in [6, 6.07) is 0. The molecule has 0 radical (unpaired) electrons. The van der Waals surface area contributed by atoms with Crippen LogP contribution in [0.25, 0.3) is 5.78 Å². The maximum Gasteiger partial charge on any atom is 0.311 e. The van der Waals surface area contributed by atoms with Crippen molar-refractivity contribution in [2.45, 2.75) is 33.3 Å². The number of ether oxygens (including phenoxy) is 1. The van der Waals surface area contributed by atoms with Crippen LogP contribution >= 0.6 is 0 Å². The molecule has 2 heterocycles. The Balaban J connectivity index is 2.08. The van der Waals surface area contributed by atoms with Crippen molar-refractivity contribution in [1.82, 2.24) is 24.9 Å². The number of aromatic nitrogens is 4. The van der Waals surface area contributed by atoms with Gasteiger partial charge in [-0.1, -0.05) is 6.08 Å². The Kier molecular flexibility index (Phi) is 5.05. The van der Waals surface area contributed by atoms with Gasteiger partial charge in [-0.2, -0.15) is 10.1 Å². The lowest BCUT2D eigenvalue weighted by molar-refractivity contribution is -0.154. The average Bonchev–Trinajstić information content (AvgIpc) is 2.97. The molecule has 2 aromatic rings. The second kappa shape index (κ2) is 6.99. The summed E-state index contributed by atoms with van der Waals surface area (Å²) in [6.45, 7) is 8.98. The summed E-state index contributed by atoms with van der Waals surface area (Å²) >= 11 is 0. The molecule has 2 aromatic heterocycles. The number of nitrogens with one attached hydrogen (secondary N) is 1. The highest BCUT2D eigenvalue weighted by Crippen LogP contribution is 2.14. The predicted octanol–water partition coefficient (Wildman–Crippen LogP) is 0.518. The Morgan fingerprint density at radius 3 is 2.91 bits per heavy atom. The summed E-state index contributed by atoms with van der Waals surface area (Å²) in [6.07, 6.45) is 2.10. The van der Waals surface area contributed by atoms with Crippen molar-refractivity contribution in [1.29, 1.82) is 0 Å². The molecule has 1 atom stereocenters.